The highest BCUT2D eigenvalue weighted by molar-refractivity contribution is 9.10. The van der Waals surface area contributed by atoms with E-state index in [1.165, 1.54) is 0 Å². The maximum atomic E-state index is 12.4. The van der Waals surface area contributed by atoms with Crippen LogP contribution in [0.25, 0.3) is 4.91 Å². The van der Waals surface area contributed by atoms with Gasteiger partial charge in [-0.05, 0) is 30.2 Å². The number of benzene rings is 2. The molecule has 0 radical (unpaired) electrons. The summed E-state index contributed by atoms with van der Waals surface area (Å²) >= 11 is 3.38. The molecule has 2 aromatic rings. The van der Waals surface area contributed by atoms with Crippen molar-refractivity contribution in [3.05, 3.63) is 75.8 Å². The average Bonchev–Trinajstić information content (AvgIpc) is 2.75. The third-order valence-electron chi connectivity index (χ3n) is 3.54. The van der Waals surface area contributed by atoms with Crippen molar-refractivity contribution < 1.29 is 8.42 Å². The Morgan fingerprint density at radius 3 is 2.52 bits per heavy atom. The minimum atomic E-state index is -3.58. The maximum absolute atomic E-state index is 12.4. The van der Waals surface area contributed by atoms with Crippen LogP contribution in [0.5, 0.6) is 0 Å². The molecule has 0 aliphatic carbocycles. The summed E-state index contributed by atoms with van der Waals surface area (Å²) < 4.78 is 28.3. The number of nitrogens with one attached hydrogen (secondary N) is 1. The number of hydrogen-bond acceptors (Lipinski definition) is 3. The molecule has 23 heavy (non-hydrogen) atoms. The molecule has 1 N–H and O–H groups in total. The van der Waals surface area contributed by atoms with Crippen LogP contribution in [0.4, 0.5) is 0 Å². The van der Waals surface area contributed by atoms with Crippen molar-refractivity contribution in [2.75, 3.05) is 0 Å². The Morgan fingerprint density at radius 2 is 1.83 bits per heavy atom. The lowest BCUT2D eigenvalue weighted by atomic mass is 10.1. The molecule has 0 unspecified atom stereocenters. The number of hydrogen-bond donors (Lipinski definition) is 1. The Hall–Kier alpha value is -1.92. The van der Waals surface area contributed by atoms with Gasteiger partial charge in [-0.1, -0.05) is 58.4 Å². The van der Waals surface area contributed by atoms with Crippen LogP contribution in [0, 0.1) is 0 Å². The van der Waals surface area contributed by atoms with Crippen molar-refractivity contribution >= 4 is 36.7 Å². The predicted molar refractivity (Wildman–Crippen MR) is 96.4 cm³/mol. The molecule has 0 bridgehead atoms. The van der Waals surface area contributed by atoms with E-state index in [1.807, 2.05) is 42.5 Å². The van der Waals surface area contributed by atoms with Gasteiger partial charge < -0.3 is 0 Å². The Balaban J connectivity index is 1.99. The first-order valence-electron chi connectivity index (χ1n) is 7.06. The minimum Gasteiger partial charge on any atom is -0.263 e. The quantitative estimate of drug-likeness (QED) is 0.867. The summed E-state index contributed by atoms with van der Waals surface area (Å²) in [6, 6.07) is 17.0. The Morgan fingerprint density at radius 1 is 1.09 bits per heavy atom. The first-order valence-corrected chi connectivity index (χ1v) is 9.33. The fourth-order valence-corrected chi connectivity index (χ4v) is 4.38. The zero-order valence-corrected chi connectivity index (χ0v) is 14.9. The molecule has 0 spiro atoms. The molecule has 4 nitrogen and oxygen atoms in total. The lowest BCUT2D eigenvalue weighted by molar-refractivity contribution is 0.603. The third kappa shape index (κ3) is 3.38. The van der Waals surface area contributed by atoms with Gasteiger partial charge in [0.1, 0.15) is 10.7 Å². The van der Waals surface area contributed by atoms with E-state index in [0.717, 1.165) is 10.0 Å². The molecule has 118 valence electrons. The molecule has 3 rings (SSSR count). The second-order valence-electron chi connectivity index (χ2n) is 5.22. The maximum Gasteiger partial charge on any atom is 0.264 e. The van der Waals surface area contributed by atoms with Gasteiger partial charge in [0.15, 0.2) is 0 Å². The highest BCUT2D eigenvalue weighted by Crippen LogP contribution is 2.31. The molecule has 0 atom stereocenters. The lowest BCUT2D eigenvalue weighted by Gasteiger charge is -2.03. The summed E-state index contributed by atoms with van der Waals surface area (Å²) in [7, 11) is -3.58. The number of sulfonamides is 1. The zero-order valence-electron chi connectivity index (χ0n) is 12.5. The summed E-state index contributed by atoms with van der Waals surface area (Å²) in [5.41, 5.74) is 2.32. The van der Waals surface area contributed by atoms with Crippen molar-refractivity contribution in [3.63, 3.8) is 0 Å². The molecule has 0 saturated heterocycles. The van der Waals surface area contributed by atoms with Crippen LogP contribution in [-0.2, 0) is 16.6 Å². The van der Waals surface area contributed by atoms with E-state index in [2.05, 4.69) is 25.6 Å². The van der Waals surface area contributed by atoms with Crippen LogP contribution < -0.4 is 4.72 Å². The molecule has 0 fully saturated rings. The first-order chi connectivity index (χ1) is 11.0. The van der Waals surface area contributed by atoms with E-state index in [9.17, 15) is 8.42 Å². The van der Waals surface area contributed by atoms with Crippen LogP contribution in [0.1, 0.15) is 18.1 Å². The van der Waals surface area contributed by atoms with Crippen LogP contribution in [0.3, 0.4) is 0 Å². The second kappa shape index (κ2) is 6.29. The highest BCUT2D eigenvalue weighted by atomic mass is 79.9. The van der Waals surface area contributed by atoms with Crippen molar-refractivity contribution in [3.8, 4) is 0 Å². The van der Waals surface area contributed by atoms with Crippen LogP contribution in [-0.4, -0.2) is 14.3 Å². The first kappa shape index (κ1) is 16.0. The van der Waals surface area contributed by atoms with Gasteiger partial charge in [-0.2, -0.15) is 0 Å². The van der Waals surface area contributed by atoms with E-state index in [4.69, 9.17) is 0 Å². The fraction of sp³-hybridized carbons (Fsp3) is 0.118. The van der Waals surface area contributed by atoms with E-state index in [1.54, 1.807) is 19.1 Å². The molecular weight excluding hydrogens is 376 g/mol. The highest BCUT2D eigenvalue weighted by Gasteiger charge is 2.32. The molecule has 1 aliphatic heterocycles. The summed E-state index contributed by atoms with van der Waals surface area (Å²) in [4.78, 5) is 4.71. The number of halogens is 1. The molecule has 1 heterocycles. The number of amidine groups is 1. The van der Waals surface area contributed by atoms with Gasteiger partial charge in [0, 0.05) is 10.0 Å². The standard InChI is InChI=1S/C17H15BrN2O2S/c1-12-16(14-8-5-9-15(18)10-14)23(21,22)20-17(12)19-11-13-6-3-2-4-7-13/h2-10H,11H2,1H3,(H,19,20). The summed E-state index contributed by atoms with van der Waals surface area (Å²) in [5.74, 6) is 0.406. The average molecular weight is 391 g/mol. The monoisotopic (exact) mass is 390 g/mol. The Bertz CT molecular complexity index is 903. The molecule has 0 amide bonds. The van der Waals surface area contributed by atoms with Gasteiger partial charge in [-0.3, -0.25) is 9.71 Å². The van der Waals surface area contributed by atoms with Crippen LogP contribution >= 0.6 is 15.9 Å². The van der Waals surface area contributed by atoms with Gasteiger partial charge in [-0.25, -0.2) is 8.42 Å². The zero-order chi connectivity index (χ0) is 16.4. The van der Waals surface area contributed by atoms with Gasteiger partial charge in [0.05, 0.1) is 6.54 Å². The van der Waals surface area contributed by atoms with Gasteiger partial charge in [0.25, 0.3) is 10.0 Å². The second-order valence-corrected chi connectivity index (χ2v) is 7.76. The number of aliphatic imine (C=N–C) groups is 1. The Kier molecular flexibility index (Phi) is 4.37. The number of nitrogens with zero attached hydrogens (tertiary/aromatic N) is 1. The van der Waals surface area contributed by atoms with Crippen molar-refractivity contribution in [2.45, 2.75) is 13.5 Å². The van der Waals surface area contributed by atoms with Crippen molar-refractivity contribution in [1.82, 2.24) is 4.72 Å². The topological polar surface area (TPSA) is 58.5 Å². The van der Waals surface area contributed by atoms with E-state index >= 15 is 0 Å². The van der Waals surface area contributed by atoms with Gasteiger partial charge in [0.2, 0.25) is 0 Å². The van der Waals surface area contributed by atoms with Crippen molar-refractivity contribution in [2.24, 2.45) is 4.99 Å². The van der Waals surface area contributed by atoms with E-state index in [-0.39, 0.29) is 4.91 Å². The van der Waals surface area contributed by atoms with Gasteiger partial charge in [-0.15, -0.1) is 0 Å². The summed E-state index contributed by atoms with van der Waals surface area (Å²) in [5, 5.41) is 0. The van der Waals surface area contributed by atoms with Crippen LogP contribution in [0.2, 0.25) is 0 Å². The number of rotatable bonds is 3. The molecule has 0 aromatic heterocycles. The summed E-state index contributed by atoms with van der Waals surface area (Å²) in [6.45, 7) is 2.21. The van der Waals surface area contributed by atoms with Gasteiger partial charge >= 0.3 is 0 Å². The third-order valence-corrected chi connectivity index (χ3v) is 5.58. The normalized spacial score (nSPS) is 18.3. The van der Waals surface area contributed by atoms with E-state index < -0.39 is 10.0 Å². The molecule has 1 aliphatic rings. The SMILES string of the molecule is CC1=C(c2cccc(Br)c2)S(=O)(=O)NC1=NCc1ccccc1. The molecular formula is C17H15BrN2O2S. The molecule has 6 heteroatoms. The lowest BCUT2D eigenvalue weighted by Crippen LogP contribution is -2.23. The summed E-state index contributed by atoms with van der Waals surface area (Å²) in [6.07, 6.45) is 0. The largest absolute Gasteiger partial charge is 0.264 e. The fourth-order valence-electron chi connectivity index (χ4n) is 2.47. The molecule has 2 aromatic carbocycles. The predicted octanol–water partition coefficient (Wildman–Crippen LogP) is 3.71. The minimum absolute atomic E-state index is 0.283. The molecule has 0 saturated carbocycles. The van der Waals surface area contributed by atoms with Crippen LogP contribution in [0.15, 0.2) is 69.6 Å². The van der Waals surface area contributed by atoms with Crippen molar-refractivity contribution in [1.29, 1.82) is 0 Å². The van der Waals surface area contributed by atoms with E-state index in [0.29, 0.717) is 23.5 Å². The Labute approximate surface area is 144 Å². The smallest absolute Gasteiger partial charge is 0.263 e.